The molecule has 3 heterocycles. The number of hydrogen-bond acceptors (Lipinski definition) is 3. The monoisotopic (exact) mass is 220 g/mol. The number of furan rings is 1. The van der Waals surface area contributed by atoms with Crippen LogP contribution in [0, 0.1) is 0 Å². The van der Waals surface area contributed by atoms with Gasteiger partial charge in [-0.2, -0.15) is 0 Å². The minimum absolute atomic E-state index is 0.486. The maximum atomic E-state index is 5.18. The molecule has 2 fully saturated rings. The first-order chi connectivity index (χ1) is 7.83. The SMILES string of the molecule is CC(c1ccoc1)N1CCC2CCC(C1)N2. The van der Waals surface area contributed by atoms with E-state index in [1.165, 1.54) is 37.9 Å². The molecule has 3 nitrogen and oxygen atoms in total. The Bertz CT molecular complexity index is 336. The van der Waals surface area contributed by atoms with Gasteiger partial charge in [-0.25, -0.2) is 0 Å². The van der Waals surface area contributed by atoms with Gasteiger partial charge in [0, 0.05) is 36.8 Å². The Morgan fingerprint density at radius 3 is 3.06 bits per heavy atom. The third-order valence-corrected chi connectivity index (χ3v) is 4.13. The van der Waals surface area contributed by atoms with E-state index in [0.717, 1.165) is 6.04 Å². The molecule has 2 bridgehead atoms. The second kappa shape index (κ2) is 4.22. The fourth-order valence-corrected chi connectivity index (χ4v) is 3.05. The summed E-state index contributed by atoms with van der Waals surface area (Å²) >= 11 is 0. The maximum absolute atomic E-state index is 5.18. The molecule has 0 aliphatic carbocycles. The summed E-state index contributed by atoms with van der Waals surface area (Å²) in [5.41, 5.74) is 1.30. The lowest BCUT2D eigenvalue weighted by Crippen LogP contribution is -2.36. The highest BCUT2D eigenvalue weighted by Crippen LogP contribution is 2.27. The maximum Gasteiger partial charge on any atom is 0.0950 e. The normalized spacial score (nSPS) is 32.6. The highest BCUT2D eigenvalue weighted by atomic mass is 16.3. The molecular formula is C13H20N2O. The smallest absolute Gasteiger partial charge is 0.0950 e. The predicted molar refractivity (Wildman–Crippen MR) is 63.3 cm³/mol. The predicted octanol–water partition coefficient (Wildman–Crippen LogP) is 2.17. The van der Waals surface area contributed by atoms with Gasteiger partial charge in [-0.3, -0.25) is 4.90 Å². The minimum Gasteiger partial charge on any atom is -0.472 e. The van der Waals surface area contributed by atoms with Crippen LogP contribution in [0.25, 0.3) is 0 Å². The lowest BCUT2D eigenvalue weighted by atomic mass is 10.1. The van der Waals surface area contributed by atoms with E-state index in [0.29, 0.717) is 12.1 Å². The van der Waals surface area contributed by atoms with E-state index in [1.54, 1.807) is 6.26 Å². The summed E-state index contributed by atoms with van der Waals surface area (Å²) in [4.78, 5) is 2.58. The van der Waals surface area contributed by atoms with Crippen LogP contribution in [0.4, 0.5) is 0 Å². The Balaban J connectivity index is 1.70. The lowest BCUT2D eigenvalue weighted by molar-refractivity contribution is 0.199. The van der Waals surface area contributed by atoms with Crippen LogP contribution in [0.5, 0.6) is 0 Å². The van der Waals surface area contributed by atoms with E-state index in [1.807, 2.05) is 6.26 Å². The van der Waals surface area contributed by atoms with Crippen LogP contribution < -0.4 is 5.32 Å². The summed E-state index contributed by atoms with van der Waals surface area (Å²) in [5, 5.41) is 3.72. The summed E-state index contributed by atoms with van der Waals surface area (Å²) < 4.78 is 5.18. The van der Waals surface area contributed by atoms with Crippen molar-refractivity contribution in [1.29, 1.82) is 0 Å². The molecule has 0 aromatic carbocycles. The molecule has 3 rings (SSSR count). The van der Waals surface area contributed by atoms with Crippen molar-refractivity contribution in [1.82, 2.24) is 10.2 Å². The van der Waals surface area contributed by atoms with Gasteiger partial charge in [0.2, 0.25) is 0 Å². The summed E-state index contributed by atoms with van der Waals surface area (Å²) in [6.45, 7) is 4.67. The topological polar surface area (TPSA) is 28.4 Å². The Labute approximate surface area is 96.8 Å². The lowest BCUT2D eigenvalue weighted by Gasteiger charge is -2.29. The number of nitrogens with one attached hydrogen (secondary N) is 1. The van der Waals surface area contributed by atoms with Gasteiger partial charge >= 0.3 is 0 Å². The molecule has 88 valence electrons. The van der Waals surface area contributed by atoms with Gasteiger partial charge in [-0.05, 0) is 32.3 Å². The van der Waals surface area contributed by atoms with Crippen LogP contribution in [0.2, 0.25) is 0 Å². The first kappa shape index (κ1) is 10.4. The van der Waals surface area contributed by atoms with Crippen molar-refractivity contribution >= 4 is 0 Å². The van der Waals surface area contributed by atoms with Crippen molar-refractivity contribution in [3.63, 3.8) is 0 Å². The van der Waals surface area contributed by atoms with Crippen LogP contribution in [-0.4, -0.2) is 30.1 Å². The molecule has 1 aromatic rings. The number of fused-ring (bicyclic) bond motifs is 2. The zero-order chi connectivity index (χ0) is 11.0. The highest BCUT2D eigenvalue weighted by molar-refractivity contribution is 5.11. The summed E-state index contributed by atoms with van der Waals surface area (Å²) in [7, 11) is 0. The molecule has 3 unspecified atom stereocenters. The van der Waals surface area contributed by atoms with Gasteiger partial charge in [0.15, 0.2) is 0 Å². The third-order valence-electron chi connectivity index (χ3n) is 4.13. The van der Waals surface area contributed by atoms with E-state index >= 15 is 0 Å². The molecule has 2 saturated heterocycles. The second-order valence-corrected chi connectivity index (χ2v) is 5.15. The first-order valence-corrected chi connectivity index (χ1v) is 6.35. The molecule has 2 aliphatic rings. The second-order valence-electron chi connectivity index (χ2n) is 5.15. The van der Waals surface area contributed by atoms with E-state index in [2.05, 4.69) is 23.2 Å². The fraction of sp³-hybridized carbons (Fsp3) is 0.692. The van der Waals surface area contributed by atoms with Gasteiger partial charge in [-0.1, -0.05) is 0 Å². The molecule has 3 heteroatoms. The number of nitrogens with zero attached hydrogens (tertiary/aromatic N) is 1. The number of likely N-dealkylation sites (tertiary alicyclic amines) is 1. The fourth-order valence-electron chi connectivity index (χ4n) is 3.05. The molecular weight excluding hydrogens is 200 g/mol. The first-order valence-electron chi connectivity index (χ1n) is 6.35. The van der Waals surface area contributed by atoms with E-state index in [-0.39, 0.29) is 0 Å². The average molecular weight is 220 g/mol. The Hall–Kier alpha value is -0.800. The summed E-state index contributed by atoms with van der Waals surface area (Å²) in [5.74, 6) is 0. The van der Waals surface area contributed by atoms with Crippen molar-refractivity contribution in [3.8, 4) is 0 Å². The summed E-state index contributed by atoms with van der Waals surface area (Å²) in [6.07, 6.45) is 7.66. The molecule has 1 N–H and O–H groups in total. The van der Waals surface area contributed by atoms with Gasteiger partial charge in [0.05, 0.1) is 12.5 Å². The molecule has 2 aliphatic heterocycles. The molecule has 0 spiro atoms. The zero-order valence-electron chi connectivity index (χ0n) is 9.86. The Morgan fingerprint density at radius 1 is 1.38 bits per heavy atom. The molecule has 1 aromatic heterocycles. The quantitative estimate of drug-likeness (QED) is 0.828. The van der Waals surface area contributed by atoms with Gasteiger partial charge in [-0.15, -0.1) is 0 Å². The third kappa shape index (κ3) is 1.89. The van der Waals surface area contributed by atoms with Crippen molar-refractivity contribution in [2.75, 3.05) is 13.1 Å². The van der Waals surface area contributed by atoms with Gasteiger partial charge < -0.3 is 9.73 Å². The molecule has 0 saturated carbocycles. The Morgan fingerprint density at radius 2 is 2.25 bits per heavy atom. The number of rotatable bonds is 2. The van der Waals surface area contributed by atoms with Gasteiger partial charge in [0.25, 0.3) is 0 Å². The summed E-state index contributed by atoms with van der Waals surface area (Å²) in [6, 6.07) is 4.05. The van der Waals surface area contributed by atoms with Crippen LogP contribution in [0.15, 0.2) is 23.0 Å². The van der Waals surface area contributed by atoms with Crippen LogP contribution in [-0.2, 0) is 0 Å². The highest BCUT2D eigenvalue weighted by Gasteiger charge is 2.31. The van der Waals surface area contributed by atoms with Crippen molar-refractivity contribution in [2.45, 2.75) is 44.3 Å². The van der Waals surface area contributed by atoms with Crippen molar-refractivity contribution in [3.05, 3.63) is 24.2 Å². The van der Waals surface area contributed by atoms with E-state index in [4.69, 9.17) is 4.42 Å². The minimum atomic E-state index is 0.486. The standard InChI is InChI=1S/C13H20N2O/c1-10(11-5-7-16-9-11)15-6-4-12-2-3-13(8-15)14-12/h5,7,9-10,12-14H,2-4,6,8H2,1H3. The average Bonchev–Trinajstić information content (AvgIpc) is 2.87. The van der Waals surface area contributed by atoms with Crippen LogP contribution in [0.3, 0.4) is 0 Å². The Kier molecular flexibility index (Phi) is 2.74. The van der Waals surface area contributed by atoms with Crippen molar-refractivity contribution in [2.24, 2.45) is 0 Å². The zero-order valence-corrected chi connectivity index (χ0v) is 9.86. The van der Waals surface area contributed by atoms with E-state index in [9.17, 15) is 0 Å². The largest absolute Gasteiger partial charge is 0.472 e. The van der Waals surface area contributed by atoms with Crippen molar-refractivity contribution < 1.29 is 4.42 Å². The van der Waals surface area contributed by atoms with E-state index < -0.39 is 0 Å². The molecule has 0 radical (unpaired) electrons. The molecule has 0 amide bonds. The van der Waals surface area contributed by atoms with Crippen LogP contribution in [0.1, 0.15) is 37.8 Å². The molecule has 3 atom stereocenters. The number of hydrogen-bond donors (Lipinski definition) is 1. The van der Waals surface area contributed by atoms with Crippen LogP contribution >= 0.6 is 0 Å². The van der Waals surface area contributed by atoms with Gasteiger partial charge in [0.1, 0.15) is 0 Å². The molecule has 16 heavy (non-hydrogen) atoms.